The largest absolute Gasteiger partial charge is 0.389 e. The van der Waals surface area contributed by atoms with Gasteiger partial charge in [0.25, 0.3) is 0 Å². The van der Waals surface area contributed by atoms with Gasteiger partial charge in [0.05, 0.1) is 25.9 Å². The van der Waals surface area contributed by atoms with E-state index in [1.165, 1.54) is 12.1 Å². The van der Waals surface area contributed by atoms with E-state index in [1.54, 1.807) is 0 Å². The molecule has 1 atom stereocenters. The average Bonchev–Trinajstić information content (AvgIpc) is 2.42. The van der Waals surface area contributed by atoms with E-state index in [1.807, 2.05) is 6.92 Å². The van der Waals surface area contributed by atoms with Gasteiger partial charge in [0.1, 0.15) is 11.6 Å². The molecule has 0 bridgehead atoms. The number of halogens is 2. The molecule has 1 unspecified atom stereocenters. The molecule has 0 heterocycles. The number of hydrogen-bond donors (Lipinski definition) is 2. The summed E-state index contributed by atoms with van der Waals surface area (Å²) in [5.74, 6) is -1.15. The summed E-state index contributed by atoms with van der Waals surface area (Å²) in [7, 11) is 0. The molecule has 0 saturated carbocycles. The zero-order chi connectivity index (χ0) is 15.5. The van der Waals surface area contributed by atoms with E-state index in [4.69, 9.17) is 9.47 Å². The smallest absolute Gasteiger partial charge is 0.126 e. The molecular formula is C15H23F2NO3. The lowest BCUT2D eigenvalue weighted by Crippen LogP contribution is -2.32. The molecule has 1 aromatic rings. The van der Waals surface area contributed by atoms with Crippen LogP contribution in [0.3, 0.4) is 0 Å². The summed E-state index contributed by atoms with van der Waals surface area (Å²) in [4.78, 5) is 0. The minimum atomic E-state index is -0.615. The lowest BCUT2D eigenvalue weighted by Gasteiger charge is -2.12. The zero-order valence-electron chi connectivity index (χ0n) is 12.3. The summed E-state index contributed by atoms with van der Waals surface area (Å²) in [5, 5.41) is 12.7. The van der Waals surface area contributed by atoms with Crippen molar-refractivity contribution in [3.05, 3.63) is 35.4 Å². The zero-order valence-corrected chi connectivity index (χ0v) is 12.3. The molecular weight excluding hydrogens is 280 g/mol. The average molecular weight is 303 g/mol. The SMILES string of the molecule is CCOCCOCC(O)CNCCc1cc(F)cc(F)c1. The van der Waals surface area contributed by atoms with Crippen LogP contribution in [0.25, 0.3) is 0 Å². The fraction of sp³-hybridized carbons (Fsp3) is 0.600. The van der Waals surface area contributed by atoms with Crippen LogP contribution in [0.4, 0.5) is 8.78 Å². The highest BCUT2D eigenvalue weighted by Crippen LogP contribution is 2.08. The number of aliphatic hydroxyl groups is 1. The lowest BCUT2D eigenvalue weighted by molar-refractivity contribution is 0.00659. The van der Waals surface area contributed by atoms with Crippen molar-refractivity contribution in [2.45, 2.75) is 19.4 Å². The maximum atomic E-state index is 13.0. The van der Waals surface area contributed by atoms with E-state index >= 15 is 0 Å². The molecule has 4 nitrogen and oxygen atoms in total. The number of hydrogen-bond acceptors (Lipinski definition) is 4. The summed E-state index contributed by atoms with van der Waals surface area (Å²) in [6.07, 6.45) is -0.122. The molecule has 1 aromatic carbocycles. The Morgan fingerprint density at radius 2 is 1.81 bits per heavy atom. The van der Waals surface area contributed by atoms with Gasteiger partial charge in [-0.2, -0.15) is 0 Å². The maximum Gasteiger partial charge on any atom is 0.126 e. The Balaban J connectivity index is 2.07. The van der Waals surface area contributed by atoms with Crippen LogP contribution in [0.5, 0.6) is 0 Å². The van der Waals surface area contributed by atoms with Gasteiger partial charge < -0.3 is 19.9 Å². The second kappa shape index (κ2) is 10.6. The standard InChI is InChI=1S/C15H23F2NO3/c1-2-20-5-6-21-11-15(19)10-18-4-3-12-7-13(16)9-14(17)8-12/h7-9,15,18-19H,2-6,10-11H2,1H3. The van der Waals surface area contributed by atoms with Crippen molar-refractivity contribution >= 4 is 0 Å². The second-order valence-corrected chi connectivity index (χ2v) is 4.66. The number of nitrogens with one attached hydrogen (secondary N) is 1. The van der Waals surface area contributed by atoms with E-state index in [2.05, 4.69) is 5.32 Å². The summed E-state index contributed by atoms with van der Waals surface area (Å²) in [6, 6.07) is 3.45. The predicted molar refractivity (Wildman–Crippen MR) is 76.3 cm³/mol. The van der Waals surface area contributed by atoms with Crippen LogP contribution in [0, 0.1) is 11.6 Å². The van der Waals surface area contributed by atoms with E-state index in [0.717, 1.165) is 6.07 Å². The van der Waals surface area contributed by atoms with Crippen molar-refractivity contribution in [2.75, 3.05) is 39.5 Å². The van der Waals surface area contributed by atoms with E-state index in [9.17, 15) is 13.9 Å². The molecule has 2 N–H and O–H groups in total. The number of benzene rings is 1. The minimum Gasteiger partial charge on any atom is -0.389 e. The summed E-state index contributed by atoms with van der Waals surface area (Å²) in [6.45, 7) is 4.65. The van der Waals surface area contributed by atoms with Crippen LogP contribution in [0.2, 0.25) is 0 Å². The van der Waals surface area contributed by atoms with Crippen molar-refractivity contribution in [3.8, 4) is 0 Å². The lowest BCUT2D eigenvalue weighted by atomic mass is 10.1. The molecule has 0 aliphatic carbocycles. The highest BCUT2D eigenvalue weighted by molar-refractivity contribution is 5.18. The second-order valence-electron chi connectivity index (χ2n) is 4.66. The Kier molecular flexibility index (Phi) is 9.09. The number of rotatable bonds is 11. The Labute approximate surface area is 124 Å². The third kappa shape index (κ3) is 8.72. The molecule has 0 saturated heterocycles. The highest BCUT2D eigenvalue weighted by atomic mass is 19.1. The molecule has 0 spiro atoms. The van der Waals surface area contributed by atoms with E-state index in [-0.39, 0.29) is 6.61 Å². The maximum absolute atomic E-state index is 13.0. The fourth-order valence-corrected chi connectivity index (χ4v) is 1.80. The predicted octanol–water partition coefficient (Wildman–Crippen LogP) is 1.51. The van der Waals surface area contributed by atoms with Crippen LogP contribution in [-0.2, 0) is 15.9 Å². The molecule has 0 aromatic heterocycles. The Morgan fingerprint density at radius 3 is 2.48 bits per heavy atom. The molecule has 0 fully saturated rings. The van der Waals surface area contributed by atoms with Crippen LogP contribution in [0.1, 0.15) is 12.5 Å². The van der Waals surface area contributed by atoms with Gasteiger partial charge >= 0.3 is 0 Å². The van der Waals surface area contributed by atoms with Gasteiger partial charge in [0, 0.05) is 19.2 Å². The molecule has 120 valence electrons. The molecule has 0 aliphatic rings. The Hall–Kier alpha value is -1.08. The first-order valence-corrected chi connectivity index (χ1v) is 7.11. The van der Waals surface area contributed by atoms with Gasteiger partial charge in [-0.25, -0.2) is 8.78 Å². The van der Waals surface area contributed by atoms with E-state index in [0.29, 0.717) is 44.9 Å². The highest BCUT2D eigenvalue weighted by Gasteiger charge is 2.04. The third-order valence-corrected chi connectivity index (χ3v) is 2.78. The third-order valence-electron chi connectivity index (χ3n) is 2.78. The number of ether oxygens (including phenoxy) is 2. The summed E-state index contributed by atoms with van der Waals surface area (Å²) in [5.41, 5.74) is 0.586. The first-order chi connectivity index (χ1) is 10.1. The fourth-order valence-electron chi connectivity index (χ4n) is 1.80. The van der Waals surface area contributed by atoms with Crippen molar-refractivity contribution in [1.82, 2.24) is 5.32 Å². The first-order valence-electron chi connectivity index (χ1n) is 7.11. The van der Waals surface area contributed by atoms with Crippen molar-refractivity contribution in [2.24, 2.45) is 0 Å². The van der Waals surface area contributed by atoms with Crippen LogP contribution < -0.4 is 5.32 Å². The van der Waals surface area contributed by atoms with E-state index < -0.39 is 17.7 Å². The molecule has 21 heavy (non-hydrogen) atoms. The minimum absolute atomic E-state index is 0.231. The Morgan fingerprint density at radius 1 is 1.14 bits per heavy atom. The van der Waals surface area contributed by atoms with Crippen LogP contribution in [-0.4, -0.2) is 50.7 Å². The monoisotopic (exact) mass is 303 g/mol. The quantitative estimate of drug-likeness (QED) is 0.609. The Bertz CT molecular complexity index is 384. The van der Waals surface area contributed by atoms with Crippen molar-refractivity contribution < 1.29 is 23.4 Å². The van der Waals surface area contributed by atoms with Gasteiger partial charge in [-0.05, 0) is 37.6 Å². The molecule has 0 amide bonds. The summed E-state index contributed by atoms with van der Waals surface area (Å²) >= 11 is 0. The van der Waals surface area contributed by atoms with Gasteiger partial charge in [-0.15, -0.1) is 0 Å². The first kappa shape index (κ1) is 18.0. The van der Waals surface area contributed by atoms with Crippen molar-refractivity contribution in [3.63, 3.8) is 0 Å². The van der Waals surface area contributed by atoms with Gasteiger partial charge in [0.2, 0.25) is 0 Å². The van der Waals surface area contributed by atoms with Gasteiger partial charge in [-0.1, -0.05) is 0 Å². The normalized spacial score (nSPS) is 12.6. The molecule has 6 heteroatoms. The number of aliphatic hydroxyl groups excluding tert-OH is 1. The van der Waals surface area contributed by atoms with Crippen LogP contribution in [0.15, 0.2) is 18.2 Å². The van der Waals surface area contributed by atoms with Gasteiger partial charge in [-0.3, -0.25) is 0 Å². The molecule has 0 aliphatic heterocycles. The summed E-state index contributed by atoms with van der Waals surface area (Å²) < 4.78 is 36.3. The van der Waals surface area contributed by atoms with Gasteiger partial charge in [0.15, 0.2) is 0 Å². The van der Waals surface area contributed by atoms with Crippen molar-refractivity contribution in [1.29, 1.82) is 0 Å². The van der Waals surface area contributed by atoms with Crippen LogP contribution >= 0.6 is 0 Å². The topological polar surface area (TPSA) is 50.7 Å². The molecule has 1 rings (SSSR count). The molecule has 0 radical (unpaired) electrons.